The summed E-state index contributed by atoms with van der Waals surface area (Å²) >= 11 is 0. The van der Waals surface area contributed by atoms with E-state index in [9.17, 15) is 9.46 Å². The third-order valence-corrected chi connectivity index (χ3v) is 4.35. The van der Waals surface area contributed by atoms with Crippen molar-refractivity contribution in [1.82, 2.24) is 0 Å². The first-order chi connectivity index (χ1) is 9.83. The number of unbranched alkanes of at least 4 members (excludes halogenated alkanes) is 4. The van der Waals surface area contributed by atoms with Crippen LogP contribution in [0.1, 0.15) is 79.1 Å². The summed E-state index contributed by atoms with van der Waals surface area (Å²) in [4.78, 5) is 11.5. The molecule has 0 unspecified atom stereocenters. The van der Waals surface area contributed by atoms with Gasteiger partial charge >= 0.3 is 51.4 Å². The molecule has 0 amide bonds. The Morgan fingerprint density at radius 3 is 1.45 bits per heavy atom. The Hall–Kier alpha value is 1.75. The van der Waals surface area contributed by atoms with Gasteiger partial charge in [-0.15, -0.1) is 0 Å². The molecular weight excluding hydrogens is 326 g/mol. The normalized spacial score (nSPS) is 12.0. The molecule has 0 spiro atoms. The van der Waals surface area contributed by atoms with Crippen molar-refractivity contribution in [2.24, 2.45) is 11.8 Å². The van der Waals surface area contributed by atoms with E-state index in [2.05, 4.69) is 27.7 Å². The molecule has 0 bridgehead atoms. The maximum Gasteiger partial charge on any atom is 1.00 e. The van der Waals surface area contributed by atoms with Gasteiger partial charge in [-0.2, -0.15) is 0 Å². The van der Waals surface area contributed by atoms with Gasteiger partial charge in [0.25, 0.3) is 7.82 Å². The smallest absolute Gasteiger partial charge is 0.756 e. The third-order valence-electron chi connectivity index (χ3n) is 3.35. The van der Waals surface area contributed by atoms with Crippen LogP contribution in [0.3, 0.4) is 0 Å². The second-order valence-corrected chi connectivity index (χ2v) is 8.01. The van der Waals surface area contributed by atoms with E-state index < -0.39 is 7.82 Å². The van der Waals surface area contributed by atoms with Crippen LogP contribution in [0.25, 0.3) is 0 Å². The first-order valence-electron chi connectivity index (χ1n) is 8.43. The summed E-state index contributed by atoms with van der Waals surface area (Å²) in [7, 11) is -4.08. The molecule has 0 N–H and O–H groups in total. The summed E-state index contributed by atoms with van der Waals surface area (Å²) in [6.07, 6.45) is 8.18. The topological polar surface area (TPSA) is 58.6 Å². The minimum atomic E-state index is -4.08. The van der Waals surface area contributed by atoms with Crippen LogP contribution in [0.4, 0.5) is 0 Å². The zero-order chi connectivity index (χ0) is 16.1. The van der Waals surface area contributed by atoms with Gasteiger partial charge in [-0.25, -0.2) is 0 Å². The Morgan fingerprint density at radius 1 is 0.773 bits per heavy atom. The molecule has 0 saturated heterocycles. The predicted octanol–water partition coefficient (Wildman–Crippen LogP) is 1.92. The molecule has 0 aliphatic rings. The second kappa shape index (κ2) is 16.2. The number of phosphoric ester groups is 1. The van der Waals surface area contributed by atoms with Gasteiger partial charge in [-0.3, -0.25) is 4.57 Å². The average molecular weight is 361 g/mol. The van der Waals surface area contributed by atoms with Crippen LogP contribution in [0, 0.1) is 11.8 Å². The third kappa shape index (κ3) is 19.8. The van der Waals surface area contributed by atoms with Gasteiger partial charge in [0.2, 0.25) is 0 Å². The molecule has 0 rings (SSSR count). The fraction of sp³-hybridized carbons (Fsp3) is 1.00. The van der Waals surface area contributed by atoms with Gasteiger partial charge in [0.1, 0.15) is 0 Å². The number of rotatable bonds is 14. The monoisotopic (exact) mass is 360 g/mol. The quantitative estimate of drug-likeness (QED) is 0.270. The van der Waals surface area contributed by atoms with E-state index in [4.69, 9.17) is 9.05 Å². The van der Waals surface area contributed by atoms with Crippen molar-refractivity contribution in [1.29, 1.82) is 0 Å². The molecule has 128 valence electrons. The molecule has 0 atom stereocenters. The molecule has 22 heavy (non-hydrogen) atoms. The summed E-state index contributed by atoms with van der Waals surface area (Å²) in [6.45, 7) is 9.25. The first-order valence-corrected chi connectivity index (χ1v) is 9.89. The molecule has 6 heteroatoms. The number of hydrogen-bond donors (Lipinski definition) is 0. The van der Waals surface area contributed by atoms with E-state index in [-0.39, 0.29) is 64.6 Å². The molecule has 0 radical (unpaired) electrons. The maximum atomic E-state index is 11.5. The minimum Gasteiger partial charge on any atom is -0.756 e. The van der Waals surface area contributed by atoms with Gasteiger partial charge in [-0.05, 0) is 24.7 Å². The number of phosphoric acid groups is 1. The second-order valence-electron chi connectivity index (χ2n) is 6.60. The van der Waals surface area contributed by atoms with Crippen molar-refractivity contribution in [3.63, 3.8) is 0 Å². The van der Waals surface area contributed by atoms with E-state index in [0.29, 0.717) is 11.8 Å². The molecule has 0 aromatic carbocycles. The number of hydrogen-bond acceptors (Lipinski definition) is 4. The fourth-order valence-corrected chi connectivity index (χ4v) is 2.83. The molecule has 0 aromatic heterocycles. The summed E-state index contributed by atoms with van der Waals surface area (Å²) in [5.74, 6) is 1.41. The van der Waals surface area contributed by atoms with Crippen LogP contribution in [0.5, 0.6) is 0 Å². The van der Waals surface area contributed by atoms with Crippen molar-refractivity contribution in [2.45, 2.75) is 79.1 Å². The standard InChI is InChI=1S/C16H35O4P.K/c1-15(2)11-7-5-9-13-19-21(17,18)20-14-10-6-8-12-16(3)4;/h15-16H,5-14H2,1-4H3,(H,17,18);/q;+1/p-1. The van der Waals surface area contributed by atoms with E-state index in [1.54, 1.807) is 0 Å². The minimum absolute atomic E-state index is 0. The maximum absolute atomic E-state index is 11.5. The van der Waals surface area contributed by atoms with Gasteiger partial charge in [0.05, 0.1) is 13.2 Å². The summed E-state index contributed by atoms with van der Waals surface area (Å²) < 4.78 is 21.2. The van der Waals surface area contributed by atoms with Crippen LogP contribution >= 0.6 is 7.82 Å². The Morgan fingerprint density at radius 2 is 1.14 bits per heavy atom. The van der Waals surface area contributed by atoms with Crippen molar-refractivity contribution in [2.75, 3.05) is 13.2 Å². The first kappa shape index (κ1) is 26.0. The molecule has 0 fully saturated rings. The largest absolute Gasteiger partial charge is 1.00 e. The van der Waals surface area contributed by atoms with Crippen molar-refractivity contribution in [3.8, 4) is 0 Å². The van der Waals surface area contributed by atoms with Gasteiger partial charge in [0, 0.05) is 0 Å². The molecule has 0 aromatic rings. The van der Waals surface area contributed by atoms with E-state index in [1.807, 2.05) is 0 Å². The SMILES string of the molecule is CC(C)CCCCCOP(=O)([O-])OCCCCCC(C)C.[K+]. The fourth-order valence-electron chi connectivity index (χ4n) is 2.05. The van der Waals surface area contributed by atoms with Crippen LogP contribution in [0.15, 0.2) is 0 Å². The van der Waals surface area contributed by atoms with Crippen LogP contribution in [-0.2, 0) is 13.6 Å². The van der Waals surface area contributed by atoms with Crippen molar-refractivity contribution in [3.05, 3.63) is 0 Å². The van der Waals surface area contributed by atoms with Crippen LogP contribution in [0.2, 0.25) is 0 Å². The molecule has 0 aliphatic heterocycles. The zero-order valence-electron chi connectivity index (χ0n) is 15.3. The van der Waals surface area contributed by atoms with Crippen LogP contribution in [-0.4, -0.2) is 13.2 Å². The van der Waals surface area contributed by atoms with E-state index in [1.165, 1.54) is 12.8 Å². The molecule has 0 saturated carbocycles. The van der Waals surface area contributed by atoms with Crippen molar-refractivity contribution >= 4 is 7.82 Å². The van der Waals surface area contributed by atoms with Gasteiger partial charge in [-0.1, -0.05) is 66.2 Å². The predicted molar refractivity (Wildman–Crippen MR) is 86.1 cm³/mol. The van der Waals surface area contributed by atoms with E-state index >= 15 is 0 Å². The van der Waals surface area contributed by atoms with E-state index in [0.717, 1.165) is 38.5 Å². The Balaban J connectivity index is 0. The Bertz CT molecular complexity index is 261. The average Bonchev–Trinajstić information content (AvgIpc) is 2.37. The van der Waals surface area contributed by atoms with Crippen LogP contribution < -0.4 is 56.3 Å². The Labute approximate surface area is 180 Å². The molecule has 0 heterocycles. The summed E-state index contributed by atoms with van der Waals surface area (Å²) in [6, 6.07) is 0. The van der Waals surface area contributed by atoms with Gasteiger partial charge < -0.3 is 13.9 Å². The van der Waals surface area contributed by atoms with Crippen molar-refractivity contribution < 1.29 is 69.9 Å². The molecule has 4 nitrogen and oxygen atoms in total. The summed E-state index contributed by atoms with van der Waals surface area (Å²) in [5.41, 5.74) is 0. The molecule has 0 aliphatic carbocycles. The molecular formula is C16H34KO4P. The Kier molecular flexibility index (Phi) is 19.2. The summed E-state index contributed by atoms with van der Waals surface area (Å²) in [5, 5.41) is 0. The van der Waals surface area contributed by atoms with Gasteiger partial charge in [0.15, 0.2) is 0 Å². The zero-order valence-corrected chi connectivity index (χ0v) is 19.3.